The monoisotopic (exact) mass is 497 g/mol. The number of imide groups is 1. The quantitative estimate of drug-likeness (QED) is 0.371. The summed E-state index contributed by atoms with van der Waals surface area (Å²) in [6.45, 7) is 6.09. The van der Waals surface area contributed by atoms with Crippen LogP contribution in [0.5, 0.6) is 0 Å². The number of rotatable bonds is 8. The average molecular weight is 498 g/mol. The number of carboxylic acid groups (broad SMARTS) is 2. The van der Waals surface area contributed by atoms with Crippen molar-refractivity contribution in [3.05, 3.63) is 0 Å². The lowest BCUT2D eigenvalue weighted by atomic mass is 10.0. The molecule has 196 valence electrons. The number of amides is 2. The summed E-state index contributed by atoms with van der Waals surface area (Å²) in [5.74, 6) is -3.24. The van der Waals surface area contributed by atoms with Gasteiger partial charge in [0.1, 0.15) is 0 Å². The molecule has 13 heteroatoms. The molecule has 13 nitrogen and oxygen atoms in total. The van der Waals surface area contributed by atoms with E-state index in [4.69, 9.17) is 4.84 Å². The van der Waals surface area contributed by atoms with E-state index in [1.807, 2.05) is 9.80 Å². The van der Waals surface area contributed by atoms with Gasteiger partial charge in [-0.25, -0.2) is 4.79 Å². The van der Waals surface area contributed by atoms with Crippen molar-refractivity contribution in [3.63, 3.8) is 0 Å². The highest BCUT2D eigenvalue weighted by molar-refractivity contribution is 6.01. The lowest BCUT2D eigenvalue weighted by Crippen LogP contribution is -2.52. The van der Waals surface area contributed by atoms with Gasteiger partial charge in [-0.15, -0.1) is 5.06 Å². The maximum atomic E-state index is 12.4. The first-order valence-electron chi connectivity index (χ1n) is 12.1. The summed E-state index contributed by atoms with van der Waals surface area (Å²) in [5, 5.41) is 19.1. The van der Waals surface area contributed by atoms with Crippen LogP contribution in [0.25, 0.3) is 0 Å². The average Bonchev–Trinajstić information content (AvgIpc) is 3.10. The Morgan fingerprint density at radius 2 is 1.17 bits per heavy atom. The second-order valence-corrected chi connectivity index (χ2v) is 9.39. The summed E-state index contributed by atoms with van der Waals surface area (Å²) < 4.78 is 0. The lowest BCUT2D eigenvalue weighted by molar-refractivity contribution is -0.197. The van der Waals surface area contributed by atoms with E-state index in [-0.39, 0.29) is 38.3 Å². The summed E-state index contributed by atoms with van der Waals surface area (Å²) in [6.07, 6.45) is 0.687. The van der Waals surface area contributed by atoms with Crippen LogP contribution >= 0.6 is 0 Å². The SMILES string of the molecule is O=C(O)CN1CCN2CCN(CC(=O)O)CCN(CC1)CC(CCC(=O)ON1C(=O)CCC1=O)C2. The fourth-order valence-corrected chi connectivity index (χ4v) is 4.74. The third-order valence-electron chi connectivity index (χ3n) is 6.64. The smallest absolute Gasteiger partial charge is 0.333 e. The second kappa shape index (κ2) is 12.9. The number of hydroxylamine groups is 2. The lowest BCUT2D eigenvalue weighted by Gasteiger charge is -2.39. The Labute approximate surface area is 204 Å². The Balaban J connectivity index is 1.65. The van der Waals surface area contributed by atoms with Gasteiger partial charge in [0.05, 0.1) is 13.1 Å². The first kappa shape index (κ1) is 27.0. The van der Waals surface area contributed by atoms with Crippen LogP contribution in [0.2, 0.25) is 0 Å². The van der Waals surface area contributed by atoms with Crippen LogP contribution in [0.3, 0.4) is 0 Å². The Bertz CT molecular complexity index is 739. The number of fused-ring (bicyclic) bond motifs is 4. The molecule has 0 spiro atoms. The van der Waals surface area contributed by atoms with Crippen molar-refractivity contribution in [3.8, 4) is 0 Å². The third-order valence-corrected chi connectivity index (χ3v) is 6.64. The zero-order chi connectivity index (χ0) is 25.4. The molecule has 2 amide bonds. The molecule has 0 aromatic heterocycles. The zero-order valence-corrected chi connectivity index (χ0v) is 20.0. The fraction of sp³-hybridized carbons (Fsp3) is 0.773. The molecule has 0 aromatic rings. The standard InChI is InChI=1S/C22H35N5O8/c28-18-2-3-19(29)27(18)35-22(34)4-1-17-13-23-5-9-25(15-20(30)31)11-7-24(14-17)8-12-26(10-6-23)16-21(32)33/h17H,1-16H2,(H,30,31)(H,32,33). The van der Waals surface area contributed by atoms with Crippen molar-refractivity contribution < 1.29 is 39.0 Å². The van der Waals surface area contributed by atoms with E-state index in [1.54, 1.807) is 0 Å². The van der Waals surface area contributed by atoms with E-state index in [9.17, 15) is 34.2 Å². The van der Waals surface area contributed by atoms with Crippen LogP contribution in [0.4, 0.5) is 0 Å². The molecule has 3 fully saturated rings. The van der Waals surface area contributed by atoms with Gasteiger partial charge in [-0.3, -0.25) is 29.0 Å². The summed E-state index contributed by atoms with van der Waals surface area (Å²) in [5.41, 5.74) is 0. The van der Waals surface area contributed by atoms with Crippen molar-refractivity contribution in [2.24, 2.45) is 5.92 Å². The number of carbonyl (C=O) groups is 5. The molecule has 2 N–H and O–H groups in total. The molecule has 2 bridgehead atoms. The highest BCUT2D eigenvalue weighted by atomic mass is 16.7. The molecule has 35 heavy (non-hydrogen) atoms. The Hall–Kier alpha value is -2.61. The van der Waals surface area contributed by atoms with E-state index in [2.05, 4.69) is 9.80 Å². The summed E-state index contributed by atoms with van der Waals surface area (Å²) in [6, 6.07) is 0. The first-order valence-corrected chi connectivity index (χ1v) is 12.1. The minimum absolute atomic E-state index is 0.0317. The van der Waals surface area contributed by atoms with E-state index < -0.39 is 29.7 Å². The Morgan fingerprint density at radius 3 is 1.57 bits per heavy atom. The first-order chi connectivity index (χ1) is 16.7. The number of carboxylic acids is 2. The largest absolute Gasteiger partial charge is 0.480 e. The predicted molar refractivity (Wildman–Crippen MR) is 121 cm³/mol. The van der Waals surface area contributed by atoms with Gasteiger partial charge in [-0.1, -0.05) is 0 Å². The molecule has 0 unspecified atom stereocenters. The molecule has 0 aliphatic carbocycles. The molecule has 0 radical (unpaired) electrons. The summed E-state index contributed by atoms with van der Waals surface area (Å²) in [4.78, 5) is 71.6. The zero-order valence-electron chi connectivity index (χ0n) is 20.0. The van der Waals surface area contributed by atoms with Crippen molar-refractivity contribution in [2.45, 2.75) is 25.7 Å². The molecule has 3 heterocycles. The molecular formula is C22H35N5O8. The van der Waals surface area contributed by atoms with Crippen LogP contribution in [-0.2, 0) is 28.8 Å². The second-order valence-electron chi connectivity index (χ2n) is 9.39. The fourth-order valence-electron chi connectivity index (χ4n) is 4.74. The maximum Gasteiger partial charge on any atom is 0.333 e. The number of hydrogen-bond donors (Lipinski definition) is 2. The summed E-state index contributed by atoms with van der Waals surface area (Å²) >= 11 is 0. The number of nitrogens with zero attached hydrogens (tertiary/aromatic N) is 5. The van der Waals surface area contributed by atoms with Gasteiger partial charge in [0.25, 0.3) is 11.8 Å². The molecule has 3 saturated heterocycles. The number of aliphatic carboxylic acids is 2. The molecule has 0 aromatic carbocycles. The van der Waals surface area contributed by atoms with Crippen molar-refractivity contribution in [2.75, 3.05) is 78.5 Å². The van der Waals surface area contributed by atoms with Gasteiger partial charge in [0, 0.05) is 84.7 Å². The Kier molecular flexibility index (Phi) is 9.95. The molecule has 0 saturated carbocycles. The van der Waals surface area contributed by atoms with E-state index in [0.717, 1.165) is 0 Å². The Morgan fingerprint density at radius 1 is 0.743 bits per heavy atom. The van der Waals surface area contributed by atoms with Crippen molar-refractivity contribution in [1.82, 2.24) is 24.7 Å². The van der Waals surface area contributed by atoms with Crippen LogP contribution in [-0.4, -0.2) is 143 Å². The highest BCUT2D eigenvalue weighted by Crippen LogP contribution is 2.17. The van der Waals surface area contributed by atoms with Gasteiger partial charge in [0.2, 0.25) is 0 Å². The normalized spacial score (nSPS) is 27.2. The minimum Gasteiger partial charge on any atom is -0.480 e. The van der Waals surface area contributed by atoms with Crippen molar-refractivity contribution >= 4 is 29.7 Å². The van der Waals surface area contributed by atoms with E-state index in [0.29, 0.717) is 76.9 Å². The topological polar surface area (TPSA) is 151 Å². The molecular weight excluding hydrogens is 462 g/mol. The maximum absolute atomic E-state index is 12.4. The van der Waals surface area contributed by atoms with Gasteiger partial charge < -0.3 is 24.9 Å². The van der Waals surface area contributed by atoms with E-state index in [1.165, 1.54) is 0 Å². The third kappa shape index (κ3) is 8.84. The predicted octanol–water partition coefficient (Wildman–Crippen LogP) is -1.61. The minimum atomic E-state index is -0.869. The van der Waals surface area contributed by atoms with Gasteiger partial charge >= 0.3 is 17.9 Å². The van der Waals surface area contributed by atoms with Crippen LogP contribution < -0.4 is 0 Å². The van der Waals surface area contributed by atoms with Crippen LogP contribution in [0.1, 0.15) is 25.7 Å². The van der Waals surface area contributed by atoms with Gasteiger partial charge in [-0.05, 0) is 12.3 Å². The van der Waals surface area contributed by atoms with Crippen LogP contribution in [0.15, 0.2) is 0 Å². The van der Waals surface area contributed by atoms with Crippen molar-refractivity contribution in [1.29, 1.82) is 0 Å². The van der Waals surface area contributed by atoms with E-state index >= 15 is 0 Å². The highest BCUT2D eigenvalue weighted by Gasteiger charge is 2.33. The molecule has 0 atom stereocenters. The van der Waals surface area contributed by atoms with Gasteiger partial charge in [0.15, 0.2) is 0 Å². The molecule has 3 aliphatic rings. The number of hydrogen-bond acceptors (Lipinski definition) is 10. The summed E-state index contributed by atoms with van der Waals surface area (Å²) in [7, 11) is 0. The molecule has 3 aliphatic heterocycles. The van der Waals surface area contributed by atoms with Crippen LogP contribution in [0, 0.1) is 5.92 Å². The van der Waals surface area contributed by atoms with Gasteiger partial charge in [-0.2, -0.15) is 0 Å². The number of carbonyl (C=O) groups excluding carboxylic acids is 3. The molecule has 3 rings (SSSR count).